The summed E-state index contributed by atoms with van der Waals surface area (Å²) in [6, 6.07) is 5.21. The molecular weight excluding hydrogens is 277 g/mol. The minimum Gasteiger partial charge on any atom is -0.406 e. The van der Waals surface area contributed by atoms with Crippen molar-refractivity contribution in [3.05, 3.63) is 29.8 Å². The van der Waals surface area contributed by atoms with Crippen LogP contribution in [0, 0.1) is 0 Å². The Morgan fingerprint density at radius 2 is 1.80 bits per heavy atom. The molecule has 0 atom stereocenters. The second kappa shape index (κ2) is 6.23. The highest BCUT2D eigenvalue weighted by atomic mass is 19.4. The summed E-state index contributed by atoms with van der Waals surface area (Å²) in [6.45, 7) is 0.947. The molecule has 0 spiro atoms. The molecule has 1 fully saturated rings. The van der Waals surface area contributed by atoms with Gasteiger partial charge < -0.3 is 14.2 Å². The Morgan fingerprint density at radius 3 is 2.35 bits per heavy atom. The van der Waals surface area contributed by atoms with E-state index in [0.29, 0.717) is 18.8 Å². The lowest BCUT2D eigenvalue weighted by Crippen LogP contribution is -2.17. The molecule has 1 aliphatic heterocycles. The number of ether oxygens (including phenoxy) is 3. The highest BCUT2D eigenvalue weighted by Crippen LogP contribution is 2.23. The molecule has 0 aromatic heterocycles. The summed E-state index contributed by atoms with van der Waals surface area (Å²) < 4.78 is 50.0. The fourth-order valence-electron chi connectivity index (χ4n) is 1.82. The van der Waals surface area contributed by atoms with E-state index in [1.165, 1.54) is 24.3 Å². The lowest BCUT2D eigenvalue weighted by atomic mass is 10.1. The van der Waals surface area contributed by atoms with Crippen molar-refractivity contribution in [2.24, 2.45) is 0 Å². The number of halogens is 3. The number of rotatable bonds is 5. The maximum absolute atomic E-state index is 12.0. The lowest BCUT2D eigenvalue weighted by Gasteiger charge is -2.10. The third-order valence-corrected chi connectivity index (χ3v) is 2.64. The molecule has 20 heavy (non-hydrogen) atoms. The number of carbonyl (C=O) groups is 1. The second-order valence-electron chi connectivity index (χ2n) is 4.28. The molecule has 0 saturated carbocycles. The van der Waals surface area contributed by atoms with Crippen molar-refractivity contribution in [3.63, 3.8) is 0 Å². The molecule has 110 valence electrons. The molecule has 4 nitrogen and oxygen atoms in total. The van der Waals surface area contributed by atoms with Gasteiger partial charge in [-0.2, -0.15) is 0 Å². The topological polar surface area (TPSA) is 44.8 Å². The zero-order valence-corrected chi connectivity index (χ0v) is 10.5. The van der Waals surface area contributed by atoms with Crippen LogP contribution in [0.4, 0.5) is 13.2 Å². The summed E-state index contributed by atoms with van der Waals surface area (Å²) in [5.41, 5.74) is 0.613. The van der Waals surface area contributed by atoms with E-state index in [1.807, 2.05) is 0 Å². The van der Waals surface area contributed by atoms with Crippen LogP contribution >= 0.6 is 0 Å². The van der Waals surface area contributed by atoms with Gasteiger partial charge in [0.15, 0.2) is 6.29 Å². The summed E-state index contributed by atoms with van der Waals surface area (Å²) in [5.74, 6) is -0.405. The van der Waals surface area contributed by atoms with Gasteiger partial charge in [0.2, 0.25) is 0 Å². The third-order valence-electron chi connectivity index (χ3n) is 2.64. The summed E-state index contributed by atoms with van der Waals surface area (Å²) in [4.78, 5) is 11.7. The summed E-state index contributed by atoms with van der Waals surface area (Å²) in [5, 5.41) is 0. The average molecular weight is 290 g/mol. The van der Waals surface area contributed by atoms with Gasteiger partial charge in [-0.05, 0) is 17.7 Å². The molecule has 0 aliphatic carbocycles. The number of carbonyl (C=O) groups excluding carboxylic acids is 1. The van der Waals surface area contributed by atoms with Crippen LogP contribution in [-0.2, 0) is 20.7 Å². The quantitative estimate of drug-likeness (QED) is 0.835. The molecule has 1 aromatic rings. The van der Waals surface area contributed by atoms with E-state index in [1.54, 1.807) is 0 Å². The van der Waals surface area contributed by atoms with E-state index in [2.05, 4.69) is 4.74 Å². The molecule has 1 aliphatic rings. The van der Waals surface area contributed by atoms with Crippen LogP contribution in [0.2, 0.25) is 0 Å². The number of hydrogen-bond donors (Lipinski definition) is 0. The fourth-order valence-corrected chi connectivity index (χ4v) is 1.82. The third kappa shape index (κ3) is 4.82. The average Bonchev–Trinajstić information content (AvgIpc) is 2.82. The predicted molar refractivity (Wildman–Crippen MR) is 62.1 cm³/mol. The smallest absolute Gasteiger partial charge is 0.406 e. The molecule has 2 rings (SSSR count). The monoisotopic (exact) mass is 290 g/mol. The molecule has 0 amide bonds. The van der Waals surface area contributed by atoms with Gasteiger partial charge in [0, 0.05) is 6.42 Å². The molecule has 0 bridgehead atoms. The Morgan fingerprint density at radius 1 is 1.20 bits per heavy atom. The second-order valence-corrected chi connectivity index (χ2v) is 4.28. The predicted octanol–water partition coefficient (Wildman–Crippen LogP) is 2.46. The Balaban J connectivity index is 1.85. The van der Waals surface area contributed by atoms with Gasteiger partial charge in [0.05, 0.1) is 19.6 Å². The van der Waals surface area contributed by atoms with Crippen molar-refractivity contribution in [1.29, 1.82) is 0 Å². The molecule has 1 saturated heterocycles. The first-order valence-corrected chi connectivity index (χ1v) is 6.02. The van der Waals surface area contributed by atoms with Crippen molar-refractivity contribution in [2.45, 2.75) is 25.5 Å². The first-order valence-electron chi connectivity index (χ1n) is 6.02. The number of Topliss-reactive ketones (excluding diaryl/α,β-unsaturated/α-hetero) is 1. The van der Waals surface area contributed by atoms with Gasteiger partial charge in [-0.25, -0.2) is 0 Å². The van der Waals surface area contributed by atoms with Crippen molar-refractivity contribution >= 4 is 5.78 Å². The van der Waals surface area contributed by atoms with Crippen molar-refractivity contribution < 1.29 is 32.2 Å². The first-order chi connectivity index (χ1) is 9.42. The van der Waals surface area contributed by atoms with E-state index in [4.69, 9.17) is 9.47 Å². The van der Waals surface area contributed by atoms with E-state index >= 15 is 0 Å². The number of benzene rings is 1. The number of alkyl halides is 3. The minimum absolute atomic E-state index is 0.0959. The molecule has 0 N–H and O–H groups in total. The summed E-state index contributed by atoms with van der Waals surface area (Å²) in [6.07, 6.45) is -4.96. The first kappa shape index (κ1) is 14.8. The zero-order valence-electron chi connectivity index (χ0n) is 10.5. The van der Waals surface area contributed by atoms with Crippen LogP contribution in [0.15, 0.2) is 24.3 Å². The zero-order chi connectivity index (χ0) is 14.6. The van der Waals surface area contributed by atoms with Crippen LogP contribution in [0.25, 0.3) is 0 Å². The van der Waals surface area contributed by atoms with Crippen LogP contribution in [0.1, 0.15) is 12.0 Å². The normalized spacial score (nSPS) is 16.4. The van der Waals surface area contributed by atoms with Crippen LogP contribution < -0.4 is 4.74 Å². The Hall–Kier alpha value is -1.60. The fraction of sp³-hybridized carbons (Fsp3) is 0.462. The summed E-state index contributed by atoms with van der Waals surface area (Å²) >= 11 is 0. The van der Waals surface area contributed by atoms with E-state index in [0.717, 1.165) is 0 Å². The lowest BCUT2D eigenvalue weighted by molar-refractivity contribution is -0.274. The Kier molecular flexibility index (Phi) is 4.61. The van der Waals surface area contributed by atoms with Crippen molar-refractivity contribution in [2.75, 3.05) is 13.2 Å². The van der Waals surface area contributed by atoms with Gasteiger partial charge in [-0.1, -0.05) is 12.1 Å². The molecule has 1 heterocycles. The summed E-state index contributed by atoms with van der Waals surface area (Å²) in [7, 11) is 0. The van der Waals surface area contributed by atoms with Crippen LogP contribution in [0.3, 0.4) is 0 Å². The number of ketones is 1. The van der Waals surface area contributed by atoms with E-state index < -0.39 is 12.7 Å². The largest absolute Gasteiger partial charge is 0.573 e. The highest BCUT2D eigenvalue weighted by Gasteiger charge is 2.31. The SMILES string of the molecule is O=C(Cc1ccc(OC(F)(F)F)cc1)CC1OCCO1. The number of hydrogen-bond acceptors (Lipinski definition) is 4. The molecular formula is C13H13F3O4. The Bertz CT molecular complexity index is 450. The van der Waals surface area contributed by atoms with Crippen LogP contribution in [0.5, 0.6) is 5.75 Å². The van der Waals surface area contributed by atoms with Gasteiger partial charge >= 0.3 is 6.36 Å². The van der Waals surface area contributed by atoms with Gasteiger partial charge in [0.25, 0.3) is 0 Å². The van der Waals surface area contributed by atoms with Gasteiger partial charge in [0.1, 0.15) is 11.5 Å². The standard InChI is InChI=1S/C13H13F3O4/c14-13(15,16)20-11-3-1-9(2-4-11)7-10(17)8-12-18-5-6-19-12/h1-4,12H,5-8H2. The minimum atomic E-state index is -4.71. The van der Waals surface area contributed by atoms with Crippen LogP contribution in [-0.4, -0.2) is 31.6 Å². The molecule has 1 aromatic carbocycles. The van der Waals surface area contributed by atoms with E-state index in [-0.39, 0.29) is 24.4 Å². The van der Waals surface area contributed by atoms with Gasteiger partial charge in [-0.15, -0.1) is 13.2 Å². The van der Waals surface area contributed by atoms with Crippen molar-refractivity contribution in [3.8, 4) is 5.75 Å². The maximum Gasteiger partial charge on any atom is 0.573 e. The molecule has 7 heteroatoms. The van der Waals surface area contributed by atoms with Crippen molar-refractivity contribution in [1.82, 2.24) is 0 Å². The van der Waals surface area contributed by atoms with E-state index in [9.17, 15) is 18.0 Å². The van der Waals surface area contributed by atoms with Gasteiger partial charge in [-0.3, -0.25) is 4.79 Å². The molecule has 0 radical (unpaired) electrons. The maximum atomic E-state index is 12.0. The Labute approximate surface area is 113 Å². The highest BCUT2D eigenvalue weighted by molar-refractivity contribution is 5.81. The molecule has 0 unspecified atom stereocenters.